The lowest BCUT2D eigenvalue weighted by molar-refractivity contribution is 0.0129. The van der Waals surface area contributed by atoms with Gasteiger partial charge in [0.05, 0.1) is 0 Å². The Labute approximate surface area is 148 Å². The van der Waals surface area contributed by atoms with Gasteiger partial charge in [0.25, 0.3) is 0 Å². The molecular formula is C18H27N3O4. The number of amides is 1. The molecule has 25 heavy (non-hydrogen) atoms. The van der Waals surface area contributed by atoms with Crippen LogP contribution in [-0.2, 0) is 11.3 Å². The summed E-state index contributed by atoms with van der Waals surface area (Å²) in [4.78, 5) is 31.0. The average Bonchev–Trinajstić information content (AvgIpc) is 2.53. The van der Waals surface area contributed by atoms with Crippen molar-refractivity contribution in [1.29, 1.82) is 0 Å². The average molecular weight is 349 g/mol. The number of aromatic carboxylic acids is 1. The number of carboxylic acid groups (broad SMARTS) is 1. The number of hydrogen-bond acceptors (Lipinski definition) is 5. The Kier molecular flexibility index (Phi) is 6.00. The largest absolute Gasteiger partial charge is 0.477 e. The summed E-state index contributed by atoms with van der Waals surface area (Å²) < 4.78 is 5.44. The molecule has 1 aliphatic heterocycles. The lowest BCUT2D eigenvalue weighted by Gasteiger charge is -2.38. The minimum atomic E-state index is -1.02. The first-order valence-corrected chi connectivity index (χ1v) is 8.52. The lowest BCUT2D eigenvalue weighted by Crippen LogP contribution is -2.49. The Bertz CT molecular complexity index is 627. The highest BCUT2D eigenvalue weighted by atomic mass is 16.6. The Balaban J connectivity index is 1.97. The quantitative estimate of drug-likeness (QED) is 0.900. The number of likely N-dealkylation sites (tertiary alicyclic amines) is 1. The zero-order chi connectivity index (χ0) is 18.6. The molecule has 0 radical (unpaired) electrons. The maximum atomic E-state index is 12.3. The second-order valence-electron chi connectivity index (χ2n) is 7.48. The summed E-state index contributed by atoms with van der Waals surface area (Å²) in [6.45, 7) is 7.87. The fourth-order valence-electron chi connectivity index (χ4n) is 2.92. The predicted octanol–water partition coefficient (Wildman–Crippen LogP) is 2.61. The van der Waals surface area contributed by atoms with Gasteiger partial charge in [-0.05, 0) is 57.9 Å². The standard InChI is InChI=1S/C18H27N3O4/c1-18(2,3)25-17(24)20(4)14-6-5-9-21(12-14)11-13-7-8-19-15(10-13)16(22)23/h7-8,10,14H,5-6,9,11-12H2,1-4H3,(H,22,23). The maximum absolute atomic E-state index is 12.3. The summed E-state index contributed by atoms with van der Waals surface area (Å²) in [7, 11) is 1.78. The molecule has 1 saturated heterocycles. The summed E-state index contributed by atoms with van der Waals surface area (Å²) in [6.07, 6.45) is 3.13. The number of piperidine rings is 1. The number of pyridine rings is 1. The van der Waals surface area contributed by atoms with Crippen molar-refractivity contribution in [3.05, 3.63) is 29.6 Å². The molecule has 138 valence electrons. The van der Waals surface area contributed by atoms with Crippen LogP contribution in [0.1, 0.15) is 49.7 Å². The van der Waals surface area contributed by atoms with E-state index in [1.165, 1.54) is 6.20 Å². The van der Waals surface area contributed by atoms with Crippen molar-refractivity contribution in [2.24, 2.45) is 0 Å². The SMILES string of the molecule is CN(C(=O)OC(C)(C)C)C1CCCN(Cc2ccnc(C(=O)O)c2)C1. The van der Waals surface area contributed by atoms with E-state index in [-0.39, 0.29) is 17.8 Å². The number of nitrogens with zero attached hydrogens (tertiary/aromatic N) is 3. The highest BCUT2D eigenvalue weighted by Crippen LogP contribution is 2.19. The third-order valence-corrected chi connectivity index (χ3v) is 4.16. The molecule has 0 spiro atoms. The number of aromatic nitrogens is 1. The first kappa shape index (κ1) is 19.2. The molecule has 1 N–H and O–H groups in total. The van der Waals surface area contributed by atoms with Crippen LogP contribution in [0.15, 0.2) is 18.3 Å². The Morgan fingerprint density at radius 3 is 2.80 bits per heavy atom. The zero-order valence-corrected chi connectivity index (χ0v) is 15.4. The van der Waals surface area contributed by atoms with E-state index >= 15 is 0 Å². The second kappa shape index (κ2) is 7.82. The Morgan fingerprint density at radius 1 is 1.44 bits per heavy atom. The van der Waals surface area contributed by atoms with Crippen molar-refractivity contribution in [3.63, 3.8) is 0 Å². The molecule has 1 aromatic heterocycles. The molecule has 7 heteroatoms. The number of carbonyl (C=O) groups excluding carboxylic acids is 1. The molecule has 0 aromatic carbocycles. The van der Waals surface area contributed by atoms with E-state index in [0.29, 0.717) is 6.54 Å². The van der Waals surface area contributed by atoms with Gasteiger partial charge >= 0.3 is 12.1 Å². The van der Waals surface area contributed by atoms with Crippen molar-refractivity contribution in [3.8, 4) is 0 Å². The molecule has 1 aromatic rings. The van der Waals surface area contributed by atoms with Gasteiger partial charge in [0, 0.05) is 32.4 Å². The van der Waals surface area contributed by atoms with Crippen LogP contribution in [0.2, 0.25) is 0 Å². The van der Waals surface area contributed by atoms with Crippen LogP contribution in [0, 0.1) is 0 Å². The number of likely N-dealkylation sites (N-methyl/N-ethyl adjacent to an activating group) is 1. The van der Waals surface area contributed by atoms with E-state index in [2.05, 4.69) is 9.88 Å². The van der Waals surface area contributed by atoms with E-state index in [0.717, 1.165) is 31.5 Å². The van der Waals surface area contributed by atoms with Crippen molar-refractivity contribution in [2.45, 2.75) is 51.8 Å². The Morgan fingerprint density at radius 2 is 2.16 bits per heavy atom. The summed E-state index contributed by atoms with van der Waals surface area (Å²) in [5, 5.41) is 9.05. The summed E-state index contributed by atoms with van der Waals surface area (Å²) >= 11 is 0. The van der Waals surface area contributed by atoms with Gasteiger partial charge in [-0.3, -0.25) is 4.90 Å². The third kappa shape index (κ3) is 5.70. The van der Waals surface area contributed by atoms with Crippen LogP contribution in [0.4, 0.5) is 4.79 Å². The number of carboxylic acids is 1. The third-order valence-electron chi connectivity index (χ3n) is 4.16. The van der Waals surface area contributed by atoms with Crippen molar-refractivity contribution < 1.29 is 19.4 Å². The van der Waals surface area contributed by atoms with Gasteiger partial charge in [-0.25, -0.2) is 14.6 Å². The molecule has 1 unspecified atom stereocenters. The van der Waals surface area contributed by atoms with Gasteiger partial charge in [0.2, 0.25) is 0 Å². The smallest absolute Gasteiger partial charge is 0.410 e. The molecule has 1 fully saturated rings. The first-order chi connectivity index (χ1) is 11.7. The zero-order valence-electron chi connectivity index (χ0n) is 15.4. The van der Waals surface area contributed by atoms with Crippen LogP contribution in [0.25, 0.3) is 0 Å². The molecule has 1 aliphatic rings. The normalized spacial score (nSPS) is 18.6. The monoisotopic (exact) mass is 349 g/mol. The van der Waals surface area contributed by atoms with E-state index < -0.39 is 11.6 Å². The summed E-state index contributed by atoms with van der Waals surface area (Å²) in [5.41, 5.74) is 0.453. The van der Waals surface area contributed by atoms with Crippen LogP contribution in [-0.4, -0.2) is 63.7 Å². The summed E-state index contributed by atoms with van der Waals surface area (Å²) in [5.74, 6) is -1.02. The maximum Gasteiger partial charge on any atom is 0.410 e. The van der Waals surface area contributed by atoms with Gasteiger partial charge < -0.3 is 14.7 Å². The number of carbonyl (C=O) groups is 2. The van der Waals surface area contributed by atoms with E-state index in [1.807, 2.05) is 26.8 Å². The first-order valence-electron chi connectivity index (χ1n) is 8.52. The molecule has 0 bridgehead atoms. The number of ether oxygens (including phenoxy) is 1. The minimum Gasteiger partial charge on any atom is -0.477 e. The lowest BCUT2D eigenvalue weighted by atomic mass is 10.0. The van der Waals surface area contributed by atoms with Gasteiger partial charge in [-0.15, -0.1) is 0 Å². The molecule has 0 saturated carbocycles. The van der Waals surface area contributed by atoms with Gasteiger partial charge in [0.1, 0.15) is 11.3 Å². The molecule has 1 amide bonds. The number of rotatable bonds is 4. The number of hydrogen-bond donors (Lipinski definition) is 1. The van der Waals surface area contributed by atoms with E-state index in [4.69, 9.17) is 9.84 Å². The Hall–Kier alpha value is -2.15. The minimum absolute atomic E-state index is 0.0527. The molecule has 2 heterocycles. The van der Waals surface area contributed by atoms with Crippen molar-refractivity contribution in [2.75, 3.05) is 20.1 Å². The van der Waals surface area contributed by atoms with Crippen LogP contribution < -0.4 is 0 Å². The van der Waals surface area contributed by atoms with Crippen LogP contribution in [0.5, 0.6) is 0 Å². The van der Waals surface area contributed by atoms with E-state index in [9.17, 15) is 9.59 Å². The molecule has 0 aliphatic carbocycles. The van der Waals surface area contributed by atoms with Crippen molar-refractivity contribution >= 4 is 12.1 Å². The van der Waals surface area contributed by atoms with Crippen LogP contribution >= 0.6 is 0 Å². The molecule has 7 nitrogen and oxygen atoms in total. The van der Waals surface area contributed by atoms with Gasteiger partial charge in [-0.1, -0.05) is 0 Å². The predicted molar refractivity (Wildman–Crippen MR) is 93.5 cm³/mol. The fourth-order valence-corrected chi connectivity index (χ4v) is 2.92. The molecular weight excluding hydrogens is 322 g/mol. The van der Waals surface area contributed by atoms with Gasteiger partial charge in [0.15, 0.2) is 0 Å². The van der Waals surface area contributed by atoms with Crippen molar-refractivity contribution in [1.82, 2.24) is 14.8 Å². The summed E-state index contributed by atoms with van der Waals surface area (Å²) in [6, 6.07) is 3.52. The second-order valence-corrected chi connectivity index (χ2v) is 7.48. The topological polar surface area (TPSA) is 83.0 Å². The van der Waals surface area contributed by atoms with Gasteiger partial charge in [-0.2, -0.15) is 0 Å². The molecule has 2 rings (SSSR count). The van der Waals surface area contributed by atoms with Crippen LogP contribution in [0.3, 0.4) is 0 Å². The fraction of sp³-hybridized carbons (Fsp3) is 0.611. The molecule has 1 atom stereocenters. The highest BCUT2D eigenvalue weighted by Gasteiger charge is 2.29. The highest BCUT2D eigenvalue weighted by molar-refractivity contribution is 5.85. The van der Waals surface area contributed by atoms with E-state index in [1.54, 1.807) is 18.0 Å².